The smallest absolute Gasteiger partial charge is 0.246 e. The molecule has 1 fully saturated rings. The second kappa shape index (κ2) is 5.66. The molecule has 2 heterocycles. The molecule has 3 atom stereocenters. The van der Waals surface area contributed by atoms with Crippen LogP contribution in [0.25, 0.3) is 0 Å². The Morgan fingerprint density at radius 1 is 1.43 bits per heavy atom. The van der Waals surface area contributed by atoms with Gasteiger partial charge in [-0.05, 0) is 32.5 Å². The van der Waals surface area contributed by atoms with Crippen LogP contribution in [0.15, 0.2) is 18.2 Å². The minimum Gasteiger partial charge on any atom is -0.375 e. The highest BCUT2D eigenvalue weighted by Crippen LogP contribution is 2.35. The van der Waals surface area contributed by atoms with Gasteiger partial charge in [-0.25, -0.2) is 0 Å². The van der Waals surface area contributed by atoms with Crippen LogP contribution >= 0.6 is 0 Å². The molecule has 1 amide bonds. The van der Waals surface area contributed by atoms with E-state index in [1.165, 1.54) is 0 Å². The molecule has 1 saturated heterocycles. The highest BCUT2D eigenvalue weighted by atomic mass is 16.5. The van der Waals surface area contributed by atoms with Gasteiger partial charge in [-0.15, -0.1) is 0 Å². The van der Waals surface area contributed by atoms with Crippen LogP contribution in [0, 0.1) is 0 Å². The summed E-state index contributed by atoms with van der Waals surface area (Å²) in [6, 6.07) is 6.38. The predicted molar refractivity (Wildman–Crippen MR) is 83.7 cm³/mol. The van der Waals surface area contributed by atoms with Crippen LogP contribution in [0.3, 0.4) is 0 Å². The van der Waals surface area contributed by atoms with Crippen LogP contribution in [0.1, 0.15) is 32.4 Å². The van der Waals surface area contributed by atoms with Gasteiger partial charge in [0.2, 0.25) is 5.91 Å². The van der Waals surface area contributed by atoms with Crippen LogP contribution in [-0.4, -0.2) is 37.7 Å². The first-order chi connectivity index (χ1) is 10.1. The van der Waals surface area contributed by atoms with E-state index in [2.05, 4.69) is 47.6 Å². The van der Waals surface area contributed by atoms with E-state index < -0.39 is 0 Å². The summed E-state index contributed by atoms with van der Waals surface area (Å²) in [5.41, 5.74) is 3.11. The molecular formula is C16H23N3O2. The van der Waals surface area contributed by atoms with Crippen molar-refractivity contribution in [2.24, 2.45) is 0 Å². The van der Waals surface area contributed by atoms with Crippen molar-refractivity contribution in [3.05, 3.63) is 23.8 Å². The maximum atomic E-state index is 12.0. The molecule has 5 nitrogen and oxygen atoms in total. The Hall–Kier alpha value is -1.59. The fourth-order valence-electron chi connectivity index (χ4n) is 3.10. The Morgan fingerprint density at radius 3 is 3.00 bits per heavy atom. The molecule has 2 aliphatic heterocycles. The van der Waals surface area contributed by atoms with Gasteiger partial charge in [-0.1, -0.05) is 13.0 Å². The number of hydrogen-bond donors (Lipinski definition) is 2. The molecule has 3 unspecified atom stereocenters. The molecule has 2 aliphatic rings. The first kappa shape index (κ1) is 14.4. The molecule has 3 rings (SSSR count). The summed E-state index contributed by atoms with van der Waals surface area (Å²) in [5.74, 6) is 0.0346. The molecule has 1 aromatic carbocycles. The highest BCUT2D eigenvalue weighted by Gasteiger charge is 2.31. The summed E-state index contributed by atoms with van der Waals surface area (Å²) in [4.78, 5) is 14.4. The minimum absolute atomic E-state index is 0.0346. The van der Waals surface area contributed by atoms with Gasteiger partial charge in [0.15, 0.2) is 0 Å². The van der Waals surface area contributed by atoms with E-state index in [0.29, 0.717) is 6.04 Å². The minimum atomic E-state index is -0.222. The van der Waals surface area contributed by atoms with Crippen molar-refractivity contribution in [1.82, 2.24) is 5.32 Å². The number of likely N-dealkylation sites (N-methyl/N-ethyl adjacent to an activating group) is 1. The molecule has 0 spiro atoms. The standard InChI is InChI=1S/C16H23N3O2/c1-4-17-15-13-6-5-12(7-14(13)18-16(15)20)19-8-11(3)21-9-10(19)2/h5-7,10-11,15,17H,4,8-9H2,1-3H3,(H,18,20). The van der Waals surface area contributed by atoms with Crippen molar-refractivity contribution in [3.63, 3.8) is 0 Å². The summed E-state index contributed by atoms with van der Waals surface area (Å²) in [6.07, 6.45) is 0.235. The predicted octanol–water partition coefficient (Wildman–Crippen LogP) is 1.90. The van der Waals surface area contributed by atoms with Crippen molar-refractivity contribution in [2.75, 3.05) is 29.9 Å². The van der Waals surface area contributed by atoms with E-state index in [0.717, 1.165) is 36.6 Å². The van der Waals surface area contributed by atoms with Gasteiger partial charge in [0.25, 0.3) is 0 Å². The second-order valence-electron chi connectivity index (χ2n) is 5.90. The zero-order chi connectivity index (χ0) is 15.0. The van der Waals surface area contributed by atoms with Crippen molar-refractivity contribution >= 4 is 17.3 Å². The zero-order valence-corrected chi connectivity index (χ0v) is 12.8. The van der Waals surface area contributed by atoms with Crippen LogP contribution in [0.2, 0.25) is 0 Å². The largest absolute Gasteiger partial charge is 0.375 e. The third-order valence-electron chi connectivity index (χ3n) is 4.22. The summed E-state index contributed by atoms with van der Waals surface area (Å²) in [5, 5.41) is 6.20. The van der Waals surface area contributed by atoms with Gasteiger partial charge >= 0.3 is 0 Å². The van der Waals surface area contributed by atoms with Gasteiger partial charge in [-0.3, -0.25) is 4.79 Å². The summed E-state index contributed by atoms with van der Waals surface area (Å²) < 4.78 is 5.68. The second-order valence-corrected chi connectivity index (χ2v) is 5.90. The first-order valence-electron chi connectivity index (χ1n) is 7.66. The summed E-state index contributed by atoms with van der Waals surface area (Å²) >= 11 is 0. The van der Waals surface area contributed by atoms with Crippen LogP contribution in [0.5, 0.6) is 0 Å². The Kier molecular flexibility index (Phi) is 3.87. The van der Waals surface area contributed by atoms with Crippen LogP contribution in [0.4, 0.5) is 11.4 Å². The van der Waals surface area contributed by atoms with Gasteiger partial charge in [0.1, 0.15) is 6.04 Å². The molecule has 0 saturated carbocycles. The van der Waals surface area contributed by atoms with Crippen molar-refractivity contribution in [1.29, 1.82) is 0 Å². The zero-order valence-electron chi connectivity index (χ0n) is 12.8. The number of morpholine rings is 1. The lowest BCUT2D eigenvalue weighted by Crippen LogP contribution is -2.47. The van der Waals surface area contributed by atoms with E-state index in [-0.39, 0.29) is 18.1 Å². The molecule has 114 valence electrons. The van der Waals surface area contributed by atoms with Crippen molar-refractivity contribution in [3.8, 4) is 0 Å². The van der Waals surface area contributed by atoms with E-state index in [1.807, 2.05) is 6.92 Å². The summed E-state index contributed by atoms with van der Waals surface area (Å²) in [7, 11) is 0. The van der Waals surface area contributed by atoms with Gasteiger partial charge in [0.05, 0.1) is 12.7 Å². The van der Waals surface area contributed by atoms with E-state index in [1.54, 1.807) is 0 Å². The Bertz CT molecular complexity index is 546. The molecule has 5 heteroatoms. The maximum absolute atomic E-state index is 12.0. The molecule has 0 bridgehead atoms. The summed E-state index contributed by atoms with van der Waals surface area (Å²) in [6.45, 7) is 8.66. The van der Waals surface area contributed by atoms with Gasteiger partial charge in [-0.2, -0.15) is 0 Å². The third-order valence-corrected chi connectivity index (χ3v) is 4.22. The lowest BCUT2D eigenvalue weighted by molar-refractivity contribution is -0.117. The Morgan fingerprint density at radius 2 is 2.24 bits per heavy atom. The molecule has 2 N–H and O–H groups in total. The van der Waals surface area contributed by atoms with Gasteiger partial charge < -0.3 is 20.3 Å². The third kappa shape index (κ3) is 2.63. The Labute approximate surface area is 125 Å². The maximum Gasteiger partial charge on any atom is 0.246 e. The lowest BCUT2D eigenvalue weighted by atomic mass is 10.1. The number of carbonyl (C=O) groups is 1. The molecular weight excluding hydrogens is 266 g/mol. The number of carbonyl (C=O) groups excluding carboxylic acids is 1. The number of nitrogens with one attached hydrogen (secondary N) is 2. The fourth-order valence-corrected chi connectivity index (χ4v) is 3.10. The number of nitrogens with zero attached hydrogens (tertiary/aromatic N) is 1. The molecule has 21 heavy (non-hydrogen) atoms. The van der Waals surface area contributed by atoms with Crippen LogP contribution in [-0.2, 0) is 9.53 Å². The molecule has 0 aliphatic carbocycles. The van der Waals surface area contributed by atoms with E-state index in [9.17, 15) is 4.79 Å². The number of ether oxygens (including phenoxy) is 1. The number of anilines is 2. The fraction of sp³-hybridized carbons (Fsp3) is 0.562. The number of amides is 1. The first-order valence-corrected chi connectivity index (χ1v) is 7.66. The number of fused-ring (bicyclic) bond motifs is 1. The average Bonchev–Trinajstić information content (AvgIpc) is 2.77. The average molecular weight is 289 g/mol. The van der Waals surface area contributed by atoms with Crippen LogP contribution < -0.4 is 15.5 Å². The van der Waals surface area contributed by atoms with Gasteiger partial charge in [0, 0.05) is 29.5 Å². The SMILES string of the molecule is CCNC1C(=O)Nc2cc(N3CC(C)OCC3C)ccc21. The van der Waals surface area contributed by atoms with Crippen molar-refractivity contribution < 1.29 is 9.53 Å². The van der Waals surface area contributed by atoms with Crippen molar-refractivity contribution in [2.45, 2.75) is 39.0 Å². The molecule has 0 radical (unpaired) electrons. The quantitative estimate of drug-likeness (QED) is 0.892. The molecule has 1 aromatic rings. The monoisotopic (exact) mass is 289 g/mol. The number of hydrogen-bond acceptors (Lipinski definition) is 4. The molecule has 0 aromatic heterocycles. The number of benzene rings is 1. The lowest BCUT2D eigenvalue weighted by Gasteiger charge is -2.38. The topological polar surface area (TPSA) is 53.6 Å². The van der Waals surface area contributed by atoms with E-state index in [4.69, 9.17) is 4.74 Å². The highest BCUT2D eigenvalue weighted by molar-refractivity contribution is 6.03. The normalized spacial score (nSPS) is 28.4. The Balaban J connectivity index is 1.87. The van der Waals surface area contributed by atoms with E-state index >= 15 is 0 Å². The number of rotatable bonds is 3.